The number of methoxy groups -OCH3 is 1. The first kappa shape index (κ1) is 27.8. The fourth-order valence-electron chi connectivity index (χ4n) is 3.89. The third-order valence-corrected chi connectivity index (χ3v) is 6.27. The molecule has 2 heterocycles. The smallest absolute Gasteiger partial charge is 0.435 e. The second-order valence-electron chi connectivity index (χ2n) is 8.31. The molecule has 0 saturated carbocycles. The topological polar surface area (TPSA) is 118 Å². The fraction of sp³-hybridized carbons (Fsp3) is 0.200. The number of halogens is 5. The Morgan fingerprint density at radius 1 is 1.13 bits per heavy atom. The summed E-state index contributed by atoms with van der Waals surface area (Å²) in [5.74, 6) is -1.20. The van der Waals surface area contributed by atoms with Crippen LogP contribution in [0.25, 0.3) is 0 Å². The fourth-order valence-corrected chi connectivity index (χ4v) is 4.42. The van der Waals surface area contributed by atoms with Crippen molar-refractivity contribution >= 4 is 46.9 Å². The molecule has 1 unspecified atom stereocenters. The molecule has 0 N–H and O–H groups in total. The van der Waals surface area contributed by atoms with Gasteiger partial charge in [0.1, 0.15) is 6.07 Å². The zero-order valence-corrected chi connectivity index (χ0v) is 21.6. The molecule has 200 valence electrons. The summed E-state index contributed by atoms with van der Waals surface area (Å²) in [5.41, 5.74) is -2.50. The molecule has 1 atom stereocenters. The Balaban J connectivity index is 1.66. The van der Waals surface area contributed by atoms with Crippen LogP contribution in [-0.2, 0) is 15.2 Å². The van der Waals surface area contributed by atoms with Crippen LogP contribution in [0.15, 0.2) is 53.9 Å². The largest absolute Gasteiger partial charge is 0.452 e. The van der Waals surface area contributed by atoms with E-state index in [2.05, 4.69) is 19.9 Å². The van der Waals surface area contributed by atoms with Gasteiger partial charge in [-0.15, -0.1) is 0 Å². The molecule has 2 amide bonds. The summed E-state index contributed by atoms with van der Waals surface area (Å²) in [4.78, 5) is 39.0. The Kier molecular flexibility index (Phi) is 7.50. The summed E-state index contributed by atoms with van der Waals surface area (Å²) in [6, 6.07) is 9.46. The van der Waals surface area contributed by atoms with Gasteiger partial charge in [0.2, 0.25) is 5.95 Å². The van der Waals surface area contributed by atoms with Crippen molar-refractivity contribution in [3.05, 3.63) is 86.7 Å². The molecule has 39 heavy (non-hydrogen) atoms. The van der Waals surface area contributed by atoms with Crippen LogP contribution in [0.4, 0.5) is 23.9 Å². The summed E-state index contributed by atoms with van der Waals surface area (Å²) in [6.07, 6.45) is -4.40. The highest BCUT2D eigenvalue weighted by molar-refractivity contribution is 6.34. The molecule has 0 radical (unpaired) electrons. The quantitative estimate of drug-likeness (QED) is 0.375. The lowest BCUT2D eigenvalue weighted by Gasteiger charge is -2.29. The van der Waals surface area contributed by atoms with Crippen molar-refractivity contribution in [3.63, 3.8) is 0 Å². The molecule has 0 saturated heterocycles. The third-order valence-electron chi connectivity index (χ3n) is 5.83. The summed E-state index contributed by atoms with van der Waals surface area (Å²) < 4.78 is 47.6. The number of hydrogen-bond donors (Lipinski definition) is 0. The number of aromatic nitrogens is 2. The third kappa shape index (κ3) is 5.23. The van der Waals surface area contributed by atoms with Crippen molar-refractivity contribution in [2.75, 3.05) is 12.0 Å². The van der Waals surface area contributed by atoms with Gasteiger partial charge in [-0.1, -0.05) is 34.4 Å². The number of ether oxygens (including phenoxy) is 1. The highest BCUT2D eigenvalue weighted by Crippen LogP contribution is 2.49. The van der Waals surface area contributed by atoms with Crippen LogP contribution in [-0.4, -0.2) is 41.0 Å². The number of nitrogens with zero attached hydrogens (tertiary/aromatic N) is 5. The van der Waals surface area contributed by atoms with Gasteiger partial charge >= 0.3 is 12.3 Å². The summed E-state index contributed by atoms with van der Waals surface area (Å²) in [6.45, 7) is 1.52. The van der Waals surface area contributed by atoms with E-state index in [0.29, 0.717) is 10.5 Å². The van der Waals surface area contributed by atoms with Crippen molar-refractivity contribution in [1.29, 1.82) is 5.26 Å². The Labute approximate surface area is 229 Å². The number of benzene rings is 2. The van der Waals surface area contributed by atoms with Gasteiger partial charge in [-0.25, -0.2) is 14.8 Å². The molecule has 9 nitrogen and oxygen atoms in total. The van der Waals surface area contributed by atoms with E-state index in [1.54, 1.807) is 0 Å². The number of carbonyl (C=O) groups is 2. The van der Waals surface area contributed by atoms with Crippen LogP contribution in [0.5, 0.6) is 0 Å². The highest BCUT2D eigenvalue weighted by Gasteiger charge is 2.62. The number of rotatable bonds is 4. The first-order valence-electron chi connectivity index (χ1n) is 10.9. The molecule has 0 spiro atoms. The molecule has 0 bridgehead atoms. The highest BCUT2D eigenvalue weighted by atomic mass is 35.5. The Morgan fingerprint density at radius 2 is 1.77 bits per heavy atom. The van der Waals surface area contributed by atoms with E-state index in [4.69, 9.17) is 33.3 Å². The Hall–Kier alpha value is -4.21. The predicted molar refractivity (Wildman–Crippen MR) is 134 cm³/mol. The van der Waals surface area contributed by atoms with E-state index >= 15 is 0 Å². The second-order valence-corrected chi connectivity index (χ2v) is 9.19. The van der Waals surface area contributed by atoms with Gasteiger partial charge in [-0.3, -0.25) is 4.79 Å². The predicted octanol–water partition coefficient (Wildman–Crippen LogP) is 5.96. The van der Waals surface area contributed by atoms with E-state index in [9.17, 15) is 22.8 Å². The number of amides is 2. The number of anilines is 1. The van der Waals surface area contributed by atoms with Gasteiger partial charge < -0.3 is 9.57 Å². The van der Waals surface area contributed by atoms with E-state index in [-0.39, 0.29) is 44.0 Å². The SMILES string of the molecule is COC(=O)N(C(=O)c1ccc(C2=NOC(c3cc(Cl)cc(Cl)c3)(C(F)(F)F)C2)cc1C)c1ncc(C#N)cn1. The van der Waals surface area contributed by atoms with Crippen molar-refractivity contribution in [3.8, 4) is 6.07 Å². The van der Waals surface area contributed by atoms with Crippen molar-refractivity contribution < 1.29 is 32.3 Å². The molecule has 0 aliphatic carbocycles. The average Bonchev–Trinajstić information content (AvgIpc) is 3.36. The van der Waals surface area contributed by atoms with Gasteiger partial charge in [-0.05, 0) is 48.4 Å². The van der Waals surface area contributed by atoms with Crippen molar-refractivity contribution in [2.24, 2.45) is 5.16 Å². The molecular formula is C25H16Cl2F3N5O4. The van der Waals surface area contributed by atoms with Gasteiger partial charge in [0.05, 0.1) is 30.8 Å². The minimum atomic E-state index is -4.88. The maximum atomic E-state index is 14.3. The maximum absolute atomic E-state index is 14.3. The number of oxime groups is 1. The average molecular weight is 578 g/mol. The lowest BCUT2D eigenvalue weighted by molar-refractivity contribution is -0.275. The van der Waals surface area contributed by atoms with Crippen LogP contribution in [0.3, 0.4) is 0 Å². The number of carbonyl (C=O) groups excluding carboxylic acids is 2. The standard InChI is InChI=1S/C25H16Cl2F3N5O4/c1-13-5-15(20-9-24(39-34-20,25(28,29)30)16-6-17(26)8-18(27)7-16)3-4-19(13)21(36)35(23(37)38-2)22-32-11-14(10-31)12-33-22/h3-8,11-12H,9H2,1-2H3. The minimum Gasteiger partial charge on any atom is -0.452 e. The van der Waals surface area contributed by atoms with Crippen LogP contribution >= 0.6 is 23.2 Å². The number of alkyl halides is 3. The van der Waals surface area contributed by atoms with Crippen LogP contribution in [0.2, 0.25) is 10.0 Å². The monoisotopic (exact) mass is 577 g/mol. The molecule has 4 rings (SSSR count). The molecule has 1 aliphatic rings. The first-order chi connectivity index (χ1) is 18.4. The number of imide groups is 1. The van der Waals surface area contributed by atoms with E-state index in [0.717, 1.165) is 31.6 Å². The number of hydrogen-bond acceptors (Lipinski definition) is 8. The Bertz CT molecular complexity index is 1520. The van der Waals surface area contributed by atoms with Crippen LogP contribution in [0.1, 0.15) is 39.0 Å². The van der Waals surface area contributed by atoms with E-state index in [1.807, 2.05) is 6.07 Å². The molecule has 1 aliphatic heterocycles. The lowest BCUT2D eigenvalue weighted by atomic mass is 9.86. The van der Waals surface area contributed by atoms with Gasteiger partial charge in [0, 0.05) is 27.6 Å². The minimum absolute atomic E-state index is 0.00158. The van der Waals surface area contributed by atoms with Gasteiger partial charge in [-0.2, -0.15) is 23.3 Å². The molecule has 14 heteroatoms. The molecule has 1 aromatic heterocycles. The molecular weight excluding hydrogens is 562 g/mol. The van der Waals surface area contributed by atoms with Crippen LogP contribution in [0, 0.1) is 18.3 Å². The summed E-state index contributed by atoms with van der Waals surface area (Å²) >= 11 is 11.9. The van der Waals surface area contributed by atoms with Crippen molar-refractivity contribution in [1.82, 2.24) is 9.97 Å². The van der Waals surface area contributed by atoms with Gasteiger partial charge in [0.25, 0.3) is 11.5 Å². The molecule has 0 fully saturated rings. The van der Waals surface area contributed by atoms with E-state index in [1.165, 1.54) is 31.2 Å². The number of nitriles is 1. The normalized spacial score (nSPS) is 16.6. The summed E-state index contributed by atoms with van der Waals surface area (Å²) in [7, 11) is 1.06. The Morgan fingerprint density at radius 3 is 2.31 bits per heavy atom. The summed E-state index contributed by atoms with van der Waals surface area (Å²) in [5, 5.41) is 12.6. The number of aryl methyl sites for hydroxylation is 1. The van der Waals surface area contributed by atoms with Crippen LogP contribution < -0.4 is 4.90 Å². The second kappa shape index (κ2) is 10.5. The van der Waals surface area contributed by atoms with Crippen molar-refractivity contribution in [2.45, 2.75) is 25.1 Å². The first-order valence-corrected chi connectivity index (χ1v) is 11.7. The lowest BCUT2D eigenvalue weighted by Crippen LogP contribution is -2.42. The zero-order valence-electron chi connectivity index (χ0n) is 20.1. The van der Waals surface area contributed by atoms with Gasteiger partial charge in [0.15, 0.2) is 0 Å². The molecule has 2 aromatic carbocycles. The zero-order chi connectivity index (χ0) is 28.5. The van der Waals surface area contributed by atoms with E-state index < -0.39 is 30.2 Å². The molecule has 3 aromatic rings. The maximum Gasteiger partial charge on any atom is 0.435 e.